The van der Waals surface area contributed by atoms with Gasteiger partial charge in [-0.2, -0.15) is 0 Å². The van der Waals surface area contributed by atoms with Crippen LogP contribution in [0.3, 0.4) is 0 Å². The molecule has 0 fully saturated rings. The first kappa shape index (κ1) is 37.5. The number of hydrazine groups is 1. The number of amides is 5. The molecular formula is C27H35N5O13. The molecule has 45 heavy (non-hydrogen) atoms. The molecule has 0 aliphatic rings. The SMILES string of the molecule is CC(=O)C(=O)N(CC(=O)O)NC(=O)C(NC(=O)[C@H](CCC(=O)O)NC(=O)[C@H](CC(=O)O)NC(=O)OCc1ccccc1)C(C)C. The summed E-state index contributed by atoms with van der Waals surface area (Å²) in [7, 11) is 0. The van der Waals surface area contributed by atoms with E-state index < -0.39 is 103 Å². The fourth-order valence-electron chi connectivity index (χ4n) is 3.58. The highest BCUT2D eigenvalue weighted by Crippen LogP contribution is 2.08. The number of ether oxygens (including phenoxy) is 1. The Morgan fingerprint density at radius 2 is 1.38 bits per heavy atom. The molecule has 0 saturated carbocycles. The summed E-state index contributed by atoms with van der Waals surface area (Å²) < 4.78 is 5.00. The minimum Gasteiger partial charge on any atom is -0.481 e. The minimum absolute atomic E-state index is 0.210. The summed E-state index contributed by atoms with van der Waals surface area (Å²) in [4.78, 5) is 109. The molecule has 0 radical (unpaired) electrons. The van der Waals surface area contributed by atoms with Gasteiger partial charge in [0.15, 0.2) is 0 Å². The lowest BCUT2D eigenvalue weighted by molar-refractivity contribution is -0.154. The number of nitrogens with zero attached hydrogens (tertiary/aromatic N) is 1. The van der Waals surface area contributed by atoms with Crippen molar-refractivity contribution in [2.45, 2.75) is 64.8 Å². The number of aliphatic carboxylic acids is 3. The Morgan fingerprint density at radius 1 is 0.778 bits per heavy atom. The summed E-state index contributed by atoms with van der Waals surface area (Å²) in [5.74, 6) is -11.0. The number of alkyl carbamates (subject to hydrolysis) is 1. The maximum Gasteiger partial charge on any atom is 0.408 e. The number of rotatable bonds is 17. The molecule has 5 amide bonds. The van der Waals surface area contributed by atoms with Gasteiger partial charge in [0, 0.05) is 13.3 Å². The zero-order chi connectivity index (χ0) is 34.3. The summed E-state index contributed by atoms with van der Waals surface area (Å²) in [5.41, 5.74) is 2.55. The summed E-state index contributed by atoms with van der Waals surface area (Å²) in [5, 5.41) is 34.2. The van der Waals surface area contributed by atoms with Gasteiger partial charge in [0.1, 0.15) is 31.3 Å². The molecule has 0 aliphatic carbocycles. The van der Waals surface area contributed by atoms with Crippen molar-refractivity contribution in [1.29, 1.82) is 0 Å². The van der Waals surface area contributed by atoms with E-state index in [1.807, 2.05) is 5.43 Å². The van der Waals surface area contributed by atoms with Gasteiger partial charge in [0.2, 0.25) is 17.6 Å². The maximum absolute atomic E-state index is 13.2. The largest absolute Gasteiger partial charge is 0.481 e. The summed E-state index contributed by atoms with van der Waals surface area (Å²) >= 11 is 0. The molecule has 0 spiro atoms. The standard InChI is InChI=1S/C27H35N5O13/c1-14(2)22(25(42)31-32(12-21(38)39)26(43)15(3)33)30-23(40)17(9-10-19(34)35)28-24(41)18(11-20(36)37)29-27(44)45-13-16-7-5-4-6-8-16/h4-8,14,17-18,22H,9-13H2,1-3H3,(H,28,41)(H,29,44)(H,30,40)(H,31,42)(H,34,35)(H,36,37)(H,38,39)/t17-,18-,22?/m0/s1. The van der Waals surface area contributed by atoms with Crippen LogP contribution in [0.25, 0.3) is 0 Å². The van der Waals surface area contributed by atoms with Gasteiger partial charge in [0.05, 0.1) is 6.42 Å². The van der Waals surface area contributed by atoms with Crippen LogP contribution in [0.15, 0.2) is 30.3 Å². The quantitative estimate of drug-likeness (QED) is 0.0780. The predicted molar refractivity (Wildman–Crippen MR) is 150 cm³/mol. The van der Waals surface area contributed by atoms with Crippen LogP contribution >= 0.6 is 0 Å². The number of hydrogen-bond acceptors (Lipinski definition) is 10. The Labute approximate surface area is 256 Å². The Morgan fingerprint density at radius 3 is 1.89 bits per heavy atom. The first-order valence-electron chi connectivity index (χ1n) is 13.4. The van der Waals surface area contributed by atoms with E-state index >= 15 is 0 Å². The average Bonchev–Trinajstić information content (AvgIpc) is 2.95. The fourth-order valence-corrected chi connectivity index (χ4v) is 3.58. The number of carbonyl (C=O) groups is 9. The van der Waals surface area contributed by atoms with E-state index in [-0.39, 0.29) is 11.6 Å². The van der Waals surface area contributed by atoms with Crippen LogP contribution < -0.4 is 21.4 Å². The summed E-state index contributed by atoms with van der Waals surface area (Å²) in [6.07, 6.45) is -3.30. The molecule has 0 aromatic heterocycles. The van der Waals surface area contributed by atoms with Crippen molar-refractivity contribution >= 4 is 53.4 Å². The highest BCUT2D eigenvalue weighted by atomic mass is 16.5. The second kappa shape index (κ2) is 18.2. The molecule has 7 N–H and O–H groups in total. The van der Waals surface area contributed by atoms with Crippen molar-refractivity contribution in [2.75, 3.05) is 6.54 Å². The first-order valence-corrected chi connectivity index (χ1v) is 13.4. The van der Waals surface area contributed by atoms with Gasteiger partial charge < -0.3 is 36.0 Å². The molecule has 0 aliphatic heterocycles. The number of carbonyl (C=O) groups excluding carboxylic acids is 6. The van der Waals surface area contributed by atoms with Crippen LogP contribution in [0, 0.1) is 5.92 Å². The van der Waals surface area contributed by atoms with Crippen LogP contribution in [0.1, 0.15) is 45.6 Å². The zero-order valence-electron chi connectivity index (χ0n) is 24.6. The predicted octanol–water partition coefficient (Wildman–Crippen LogP) is -1.22. The van der Waals surface area contributed by atoms with E-state index in [0.717, 1.165) is 6.92 Å². The van der Waals surface area contributed by atoms with E-state index in [2.05, 4.69) is 16.0 Å². The zero-order valence-corrected chi connectivity index (χ0v) is 24.6. The van der Waals surface area contributed by atoms with Gasteiger partial charge in [-0.15, -0.1) is 0 Å². The monoisotopic (exact) mass is 637 g/mol. The molecule has 3 atom stereocenters. The molecule has 0 saturated heterocycles. The number of carboxylic acids is 3. The molecule has 1 rings (SSSR count). The Bertz CT molecular complexity index is 1280. The number of carboxylic acid groups (broad SMARTS) is 3. The molecule has 1 aromatic rings. The minimum atomic E-state index is -1.77. The molecule has 0 bridgehead atoms. The highest BCUT2D eigenvalue weighted by Gasteiger charge is 2.33. The molecule has 1 unspecified atom stereocenters. The smallest absolute Gasteiger partial charge is 0.408 e. The van der Waals surface area contributed by atoms with Crippen LogP contribution in [0.5, 0.6) is 0 Å². The number of hydrogen-bond donors (Lipinski definition) is 7. The average molecular weight is 638 g/mol. The number of benzene rings is 1. The Kier molecular flexibility index (Phi) is 15.1. The van der Waals surface area contributed by atoms with Gasteiger partial charge in [0.25, 0.3) is 5.91 Å². The van der Waals surface area contributed by atoms with Crippen molar-refractivity contribution in [3.63, 3.8) is 0 Å². The number of ketones is 1. The maximum atomic E-state index is 13.2. The van der Waals surface area contributed by atoms with Crippen molar-refractivity contribution in [2.24, 2.45) is 5.92 Å². The molecule has 0 heterocycles. The van der Waals surface area contributed by atoms with Gasteiger partial charge >= 0.3 is 29.9 Å². The lowest BCUT2D eigenvalue weighted by Crippen LogP contribution is -2.60. The molecule has 1 aromatic carbocycles. The number of nitrogens with one attached hydrogen (secondary N) is 4. The molecule has 18 nitrogen and oxygen atoms in total. The molecule has 246 valence electrons. The lowest BCUT2D eigenvalue weighted by atomic mass is 10.0. The van der Waals surface area contributed by atoms with Gasteiger partial charge in [-0.05, 0) is 17.9 Å². The van der Waals surface area contributed by atoms with Gasteiger partial charge in [-0.1, -0.05) is 44.2 Å². The second-order valence-corrected chi connectivity index (χ2v) is 9.90. The van der Waals surface area contributed by atoms with Crippen LogP contribution in [0.4, 0.5) is 4.79 Å². The van der Waals surface area contributed by atoms with Gasteiger partial charge in [-0.3, -0.25) is 43.8 Å². The third-order valence-corrected chi connectivity index (χ3v) is 5.81. The Balaban J connectivity index is 3.11. The van der Waals surface area contributed by atoms with Crippen molar-refractivity contribution in [3.8, 4) is 0 Å². The van der Waals surface area contributed by atoms with Crippen molar-refractivity contribution in [1.82, 2.24) is 26.4 Å². The van der Waals surface area contributed by atoms with E-state index in [9.17, 15) is 48.3 Å². The van der Waals surface area contributed by atoms with E-state index in [1.165, 1.54) is 13.8 Å². The molecule has 18 heteroatoms. The van der Waals surface area contributed by atoms with Crippen LogP contribution in [-0.2, 0) is 49.7 Å². The summed E-state index contributed by atoms with van der Waals surface area (Å²) in [6, 6.07) is 3.46. The first-order chi connectivity index (χ1) is 21.0. The van der Waals surface area contributed by atoms with E-state index in [1.54, 1.807) is 30.3 Å². The van der Waals surface area contributed by atoms with E-state index in [0.29, 0.717) is 5.56 Å². The molecular weight excluding hydrogens is 602 g/mol. The Hall–Kier alpha value is -5.55. The van der Waals surface area contributed by atoms with Crippen molar-refractivity contribution < 1.29 is 63.2 Å². The van der Waals surface area contributed by atoms with E-state index in [4.69, 9.17) is 14.9 Å². The fraction of sp³-hybridized carbons (Fsp3) is 0.444. The lowest BCUT2D eigenvalue weighted by Gasteiger charge is -2.28. The normalized spacial score (nSPS) is 12.4. The highest BCUT2D eigenvalue weighted by molar-refractivity contribution is 6.35. The van der Waals surface area contributed by atoms with Crippen LogP contribution in [-0.4, -0.2) is 98.4 Å². The van der Waals surface area contributed by atoms with Crippen LogP contribution in [0.2, 0.25) is 0 Å². The third kappa shape index (κ3) is 14.0. The number of Topliss-reactive ketones (excluding diaryl/α,β-unsaturated/α-hetero) is 1. The summed E-state index contributed by atoms with van der Waals surface area (Å²) in [6.45, 7) is 2.45. The van der Waals surface area contributed by atoms with Gasteiger partial charge in [-0.25, -0.2) is 9.80 Å². The third-order valence-electron chi connectivity index (χ3n) is 5.81. The topological polar surface area (TPSA) is 275 Å². The second-order valence-electron chi connectivity index (χ2n) is 9.90. The van der Waals surface area contributed by atoms with Crippen molar-refractivity contribution in [3.05, 3.63) is 35.9 Å².